The number of anilines is 3. The normalized spacial score (nSPS) is 16.1. The van der Waals surface area contributed by atoms with Crippen LogP contribution < -0.4 is 21.3 Å². The van der Waals surface area contributed by atoms with Crippen LogP contribution >= 0.6 is 0 Å². The number of nitrogens with zero attached hydrogens (tertiary/aromatic N) is 3. The number of carbonyl (C=O) groups excluding carboxylic acids is 3. The van der Waals surface area contributed by atoms with Crippen LogP contribution in [0.15, 0.2) is 170 Å². The van der Waals surface area contributed by atoms with Crippen LogP contribution in [-0.4, -0.2) is 64.3 Å². The average Bonchev–Trinajstić information content (AvgIpc) is 3.39. The Hall–Kier alpha value is -7.69. The van der Waals surface area contributed by atoms with Gasteiger partial charge >= 0.3 is 0 Å². The Labute approximate surface area is 410 Å². The van der Waals surface area contributed by atoms with Crippen LogP contribution in [0.2, 0.25) is 0 Å². The summed E-state index contributed by atoms with van der Waals surface area (Å²) < 4.78 is 38.6. The van der Waals surface area contributed by atoms with E-state index in [2.05, 4.69) is 20.6 Å². The molecule has 7 aromatic rings. The number of β-lactam (4-membered cyclic amide) rings is 1. The predicted molar refractivity (Wildman–Crippen MR) is 265 cm³/mol. The fourth-order valence-corrected chi connectivity index (χ4v) is 9.14. The van der Waals surface area contributed by atoms with E-state index in [1.807, 2.05) is 84.9 Å². The van der Waals surface area contributed by atoms with E-state index in [1.54, 1.807) is 53.7 Å². The summed E-state index contributed by atoms with van der Waals surface area (Å²) in [6, 6.07) is 44.1. The van der Waals surface area contributed by atoms with Gasteiger partial charge in [-0.1, -0.05) is 97.1 Å². The zero-order valence-corrected chi connectivity index (χ0v) is 38.7. The molecule has 1 aliphatic rings. The summed E-state index contributed by atoms with van der Waals surface area (Å²) in [5, 5.41) is 28.7. The van der Waals surface area contributed by atoms with E-state index in [1.165, 1.54) is 36.4 Å². The number of nitrogen functional groups attached to an aromatic ring is 1. The highest BCUT2D eigenvalue weighted by Crippen LogP contribution is 2.49. The smallest absolute Gasteiger partial charge is 0.250 e. The fraction of sp³-hybridized carbons (Fsp3) is 0.232. The molecule has 6 unspecified atom stereocenters. The zero-order chi connectivity index (χ0) is 49.7. The summed E-state index contributed by atoms with van der Waals surface area (Å²) in [6.45, 7) is -0.346. The van der Waals surface area contributed by atoms with Gasteiger partial charge in [0.2, 0.25) is 17.7 Å². The van der Waals surface area contributed by atoms with Crippen molar-refractivity contribution in [2.75, 3.05) is 42.4 Å². The number of aliphatic hydroxyl groups excluding tert-OH is 2. The third-order valence-electron chi connectivity index (χ3n) is 12.6. The topological polar surface area (TPSA) is 189 Å². The largest absolute Gasteiger partial charge is 0.388 e. The molecule has 6 N–H and O–H groups in total. The highest BCUT2D eigenvalue weighted by molar-refractivity contribution is 6.03. The SMILES string of the molecule is Nc1ncccc1C(c1ccccc1NC(=O)COCCOCC(=O)NCc1cccc(C2C(CCC(O)c3ccc(F)cc3)C(=O)N2c2ccc(F)cc2)c1)C(c1ccccn1)C(O)c1ccccc1. The Morgan fingerprint density at radius 2 is 1.37 bits per heavy atom. The molecule has 1 aliphatic heterocycles. The Bertz CT molecular complexity index is 2880. The highest BCUT2D eigenvalue weighted by atomic mass is 19.1. The van der Waals surface area contributed by atoms with Crippen LogP contribution in [0.1, 0.15) is 82.0 Å². The van der Waals surface area contributed by atoms with Gasteiger partial charge in [-0.05, 0) is 101 Å². The Balaban J connectivity index is 0.844. The number of aromatic nitrogens is 2. The first-order chi connectivity index (χ1) is 34.5. The molecule has 2 aromatic heterocycles. The molecule has 15 heteroatoms. The molecule has 0 saturated carbocycles. The first kappa shape index (κ1) is 49.7. The van der Waals surface area contributed by atoms with Gasteiger partial charge in [0.15, 0.2) is 0 Å². The van der Waals surface area contributed by atoms with Crippen LogP contribution in [0.4, 0.5) is 26.0 Å². The van der Waals surface area contributed by atoms with Crippen LogP contribution in [-0.2, 0) is 30.4 Å². The third kappa shape index (κ3) is 12.4. The zero-order valence-electron chi connectivity index (χ0n) is 38.7. The van der Waals surface area contributed by atoms with Crippen molar-refractivity contribution in [3.05, 3.63) is 221 Å². The minimum absolute atomic E-state index is 0.0248. The fourth-order valence-electron chi connectivity index (χ4n) is 9.14. The van der Waals surface area contributed by atoms with Crippen molar-refractivity contribution in [1.29, 1.82) is 0 Å². The van der Waals surface area contributed by atoms with Crippen LogP contribution in [0.25, 0.3) is 0 Å². The lowest BCUT2D eigenvalue weighted by molar-refractivity contribution is -0.131. The number of halogens is 2. The van der Waals surface area contributed by atoms with Crippen molar-refractivity contribution in [3.8, 4) is 0 Å². The van der Waals surface area contributed by atoms with Crippen LogP contribution in [0, 0.1) is 17.6 Å². The number of pyridine rings is 2. The first-order valence-corrected chi connectivity index (χ1v) is 23.3. The van der Waals surface area contributed by atoms with Crippen molar-refractivity contribution in [3.63, 3.8) is 0 Å². The maximum Gasteiger partial charge on any atom is 0.250 e. The second-order valence-electron chi connectivity index (χ2n) is 17.2. The first-order valence-electron chi connectivity index (χ1n) is 23.3. The predicted octanol–water partition coefficient (Wildman–Crippen LogP) is 8.49. The molecule has 5 aromatic carbocycles. The van der Waals surface area contributed by atoms with Gasteiger partial charge in [-0.3, -0.25) is 19.4 Å². The molecule has 3 heterocycles. The Kier molecular flexibility index (Phi) is 16.6. The summed E-state index contributed by atoms with van der Waals surface area (Å²) in [6.07, 6.45) is 1.96. The second kappa shape index (κ2) is 23.7. The summed E-state index contributed by atoms with van der Waals surface area (Å²) in [4.78, 5) is 50.5. The van der Waals surface area contributed by atoms with Crippen molar-refractivity contribution < 1.29 is 42.9 Å². The number of amides is 3. The molecule has 1 fully saturated rings. The number of aliphatic hydroxyl groups is 2. The molecule has 71 heavy (non-hydrogen) atoms. The van der Waals surface area contributed by atoms with E-state index in [0.717, 1.165) is 11.1 Å². The molecule has 1 saturated heterocycles. The number of rotatable bonds is 22. The molecule has 364 valence electrons. The summed E-state index contributed by atoms with van der Waals surface area (Å²) in [5.74, 6) is -3.30. The van der Waals surface area contributed by atoms with E-state index >= 15 is 0 Å². The van der Waals surface area contributed by atoms with Gasteiger partial charge in [0.25, 0.3) is 0 Å². The van der Waals surface area contributed by atoms with E-state index in [-0.39, 0.29) is 57.0 Å². The standard InChI is InChI=1S/C56H54F2N6O7/c57-40-20-18-37(19-21-40)48(65)27-26-45-53(64(56(45)69)42-24-22-41(58)23-25-42)39-13-8-10-36(32-39)33-62-49(66)34-70-30-31-71-35-50(67)63-46-16-5-4-14-43(46)51(44-15-9-29-61-55(44)59)52(47-17-6-7-28-60-47)54(68)38-11-2-1-3-12-38/h1-25,28-29,32,45,48,51-54,65,68H,26-27,30-31,33-35H2,(H2,59,61)(H,62,66)(H,63,67). The van der Waals surface area contributed by atoms with Gasteiger partial charge in [-0.2, -0.15) is 0 Å². The molecule has 13 nitrogen and oxygen atoms in total. The number of ether oxygens (including phenoxy) is 2. The van der Waals surface area contributed by atoms with E-state index in [9.17, 15) is 33.4 Å². The van der Waals surface area contributed by atoms with Gasteiger partial charge in [-0.15, -0.1) is 0 Å². The summed E-state index contributed by atoms with van der Waals surface area (Å²) in [5.41, 5.74) is 12.3. The second-order valence-corrected chi connectivity index (χ2v) is 17.2. The number of nitrogens with one attached hydrogen (secondary N) is 2. The van der Waals surface area contributed by atoms with Crippen molar-refractivity contribution >= 4 is 34.9 Å². The number of hydrogen-bond acceptors (Lipinski definition) is 10. The lowest BCUT2D eigenvalue weighted by Gasteiger charge is -2.48. The number of hydrogen-bond donors (Lipinski definition) is 5. The minimum atomic E-state index is -1.02. The number of benzene rings is 5. The van der Waals surface area contributed by atoms with Gasteiger partial charge in [0.1, 0.15) is 30.7 Å². The Morgan fingerprint density at radius 1 is 0.704 bits per heavy atom. The van der Waals surface area contributed by atoms with Crippen molar-refractivity contribution in [2.24, 2.45) is 5.92 Å². The molecular weight excluding hydrogens is 907 g/mol. The molecule has 0 aliphatic carbocycles. The lowest BCUT2D eigenvalue weighted by atomic mass is 9.74. The maximum absolute atomic E-state index is 13.9. The van der Waals surface area contributed by atoms with Crippen LogP contribution in [0.3, 0.4) is 0 Å². The average molecular weight is 961 g/mol. The van der Waals surface area contributed by atoms with Crippen molar-refractivity contribution in [2.45, 2.75) is 49.5 Å². The third-order valence-corrected chi connectivity index (χ3v) is 12.6. The molecular formula is C56H54F2N6O7. The molecule has 0 radical (unpaired) electrons. The van der Waals surface area contributed by atoms with Crippen molar-refractivity contribution in [1.82, 2.24) is 15.3 Å². The number of para-hydroxylation sites is 1. The number of carbonyl (C=O) groups is 3. The lowest BCUT2D eigenvalue weighted by Crippen LogP contribution is -2.55. The van der Waals surface area contributed by atoms with E-state index in [4.69, 9.17) is 15.2 Å². The Morgan fingerprint density at radius 3 is 2.08 bits per heavy atom. The molecule has 0 spiro atoms. The molecule has 8 rings (SSSR count). The van der Waals surface area contributed by atoms with Gasteiger partial charge in [-0.25, -0.2) is 13.8 Å². The minimum Gasteiger partial charge on any atom is -0.388 e. The number of nitrogens with two attached hydrogens (primary N) is 1. The molecule has 0 bridgehead atoms. The van der Waals surface area contributed by atoms with Gasteiger partial charge < -0.3 is 41.0 Å². The van der Waals surface area contributed by atoms with Gasteiger partial charge in [0.05, 0.1) is 37.4 Å². The molecule has 3 amide bonds. The quantitative estimate of drug-likeness (QED) is 0.0326. The molecule has 6 atom stereocenters. The van der Waals surface area contributed by atoms with Crippen LogP contribution in [0.5, 0.6) is 0 Å². The summed E-state index contributed by atoms with van der Waals surface area (Å²) in [7, 11) is 0. The highest BCUT2D eigenvalue weighted by Gasteiger charge is 2.48. The maximum atomic E-state index is 13.9. The van der Waals surface area contributed by atoms with Gasteiger partial charge in [0, 0.05) is 53.4 Å². The monoisotopic (exact) mass is 960 g/mol. The summed E-state index contributed by atoms with van der Waals surface area (Å²) >= 11 is 0. The van der Waals surface area contributed by atoms with E-state index < -0.39 is 53.5 Å². The van der Waals surface area contributed by atoms with E-state index in [0.29, 0.717) is 45.7 Å².